The third-order valence-corrected chi connectivity index (χ3v) is 28.0. The molecule has 0 bridgehead atoms. The molecule has 0 spiro atoms. The number of nitrogens with zero attached hydrogens (tertiary/aromatic N) is 3. The van der Waals surface area contributed by atoms with Crippen molar-refractivity contribution < 1.29 is 26.8 Å². The fraction of sp³-hybridized carbons (Fsp3) is 0.0159. The van der Waals surface area contributed by atoms with Crippen LogP contribution in [0, 0.1) is 0 Å². The van der Waals surface area contributed by atoms with Crippen LogP contribution in [0.5, 0.6) is 5.75 Å². The molecular weight excluding hydrogens is 1650 g/mol. The van der Waals surface area contributed by atoms with Crippen LogP contribution in [0.15, 0.2) is 477 Å². The van der Waals surface area contributed by atoms with E-state index in [0.717, 1.165) is 193 Å². The first-order chi connectivity index (χ1) is 66.9. The molecule has 2 aliphatic heterocycles. The number of aromatic nitrogens is 2. The van der Waals surface area contributed by atoms with E-state index in [2.05, 4.69) is 469 Å². The average molecular weight is 1730 g/mol. The summed E-state index contributed by atoms with van der Waals surface area (Å²) in [6.07, 6.45) is -0.0311. The third-order valence-electron chi connectivity index (χ3n) is 28.0. The normalized spacial score (nSPS) is 13.5. The van der Waals surface area contributed by atoms with Gasteiger partial charge in [0, 0.05) is 93.1 Å². The largest absolute Gasteiger partial charge is 0.483 e. The lowest BCUT2D eigenvalue weighted by Crippen LogP contribution is -2.20. The molecule has 0 amide bonds. The summed E-state index contributed by atoms with van der Waals surface area (Å²) in [6, 6.07) is 161. The molecule has 0 aliphatic carbocycles. The topological polar surface area (TPSA) is 88.0 Å². The summed E-state index contributed by atoms with van der Waals surface area (Å²) in [6.45, 7) is 0. The Morgan fingerprint density at radius 1 is 0.200 bits per heavy atom. The zero-order valence-corrected chi connectivity index (χ0v) is 72.7. The Morgan fingerprint density at radius 3 is 1.20 bits per heavy atom. The van der Waals surface area contributed by atoms with Gasteiger partial charge >= 0.3 is 0 Å². The number of anilines is 2. The number of benzene rings is 21. The Morgan fingerprint density at radius 2 is 0.607 bits per heavy atom. The molecule has 21 aromatic carbocycles. The van der Waals surface area contributed by atoms with Crippen LogP contribution in [0.3, 0.4) is 0 Å². The molecule has 2 atom stereocenters. The van der Waals surface area contributed by atoms with Crippen molar-refractivity contribution >= 4 is 175 Å². The van der Waals surface area contributed by atoms with Gasteiger partial charge in [0.05, 0.1) is 11.0 Å². The number of hydrogen-bond donors (Lipinski definition) is 0. The predicted molar refractivity (Wildman–Crippen MR) is 556 cm³/mol. The predicted octanol–water partition coefficient (Wildman–Crippen LogP) is 35.2. The van der Waals surface area contributed by atoms with E-state index >= 15 is 0 Å². The second-order valence-electron chi connectivity index (χ2n) is 35.5. The van der Waals surface area contributed by atoms with E-state index in [0.29, 0.717) is 0 Å². The summed E-state index contributed by atoms with van der Waals surface area (Å²) in [5.41, 5.74) is 34.6. The Hall–Kier alpha value is -17.9. The van der Waals surface area contributed by atoms with Gasteiger partial charge in [-0.3, -0.25) is 0 Å². The molecular formula is C126H77N3O6. The highest BCUT2D eigenvalue weighted by Gasteiger charge is 2.47. The van der Waals surface area contributed by atoms with Crippen molar-refractivity contribution in [2.24, 2.45) is 0 Å². The molecule has 0 N–H and O–H groups in total. The third kappa shape index (κ3) is 12.3. The smallest absolute Gasteiger partial charge is 0.161 e. The summed E-state index contributed by atoms with van der Waals surface area (Å²) in [5.74, 6) is 0.965. The first-order valence-electron chi connectivity index (χ1n) is 46.0. The van der Waals surface area contributed by atoms with Gasteiger partial charge in [-0.1, -0.05) is 297 Å². The van der Waals surface area contributed by atoms with Crippen molar-refractivity contribution in [3.8, 4) is 83.9 Å². The van der Waals surface area contributed by atoms with Gasteiger partial charge in [-0.2, -0.15) is 0 Å². The maximum absolute atomic E-state index is 6.62. The van der Waals surface area contributed by atoms with Crippen LogP contribution in [-0.2, 0) is 0 Å². The summed E-state index contributed by atoms with van der Waals surface area (Å²) in [5, 5.41) is 18.6. The van der Waals surface area contributed by atoms with Crippen molar-refractivity contribution in [1.82, 2.24) is 9.13 Å². The highest BCUT2D eigenvalue weighted by atomic mass is 16.5. The molecule has 9 heteroatoms. The minimum atomic E-state index is -0.0311. The maximum atomic E-state index is 6.62. The molecule has 0 saturated carbocycles. The summed E-state index contributed by atoms with van der Waals surface area (Å²) >= 11 is 0. The second-order valence-corrected chi connectivity index (χ2v) is 35.5. The fourth-order valence-corrected chi connectivity index (χ4v) is 21.6. The van der Waals surface area contributed by atoms with Crippen molar-refractivity contribution in [2.45, 2.75) is 12.1 Å². The van der Waals surface area contributed by atoms with Gasteiger partial charge in [0.25, 0.3) is 0 Å². The lowest BCUT2D eigenvalue weighted by Gasteiger charge is -2.26. The molecule has 2 aliphatic rings. The molecule has 9 nitrogen and oxygen atoms in total. The van der Waals surface area contributed by atoms with E-state index < -0.39 is 0 Å². The molecule has 30 rings (SSSR count). The van der Waals surface area contributed by atoms with Crippen molar-refractivity contribution in [1.29, 1.82) is 0 Å². The van der Waals surface area contributed by atoms with E-state index in [-0.39, 0.29) is 12.1 Å². The van der Waals surface area contributed by atoms with Crippen molar-refractivity contribution in [2.75, 3.05) is 4.90 Å². The standard InChI is InChI=1S/C42H27NO2.2C42H25NO2/c1-2-10-30(11-3-1)43-36-15-7-6-13-33(36)42-40(43)35-25-29(22-24-37(35)44-42)26-17-19-28(20-18-26)31-14-8-16-38-39(31)34-23-21-27-9-4-5-12-32(27)41(34)45-38;1-2-10-32(11-3-1)43-37-13-7-6-12-34(37)42-41(43)35-21-19-31(25-39(35)45-42)27-16-14-26(15-17-27)30-18-20-33-36-22-28-8-4-5-9-29(28)23-40(36)44-38(33)24-30;1-2-9-31(10-3-1)43-36-13-7-6-12-33(36)42-41(43)35-22-19-30(25-39(35)45-42)27-16-14-26(15-17-27)29-18-21-34-38(24-29)44-37-23-20-28-8-4-5-11-32(28)40(34)37/h1-25,40,42H;2*1-25H. The van der Waals surface area contributed by atoms with E-state index in [9.17, 15) is 0 Å². The molecule has 0 fully saturated rings. The molecule has 0 saturated heterocycles. The lowest BCUT2D eigenvalue weighted by atomic mass is 9.94. The van der Waals surface area contributed by atoms with Gasteiger partial charge < -0.3 is 40.9 Å². The first-order valence-corrected chi connectivity index (χ1v) is 46.0. The van der Waals surface area contributed by atoms with Crippen LogP contribution in [0.25, 0.3) is 242 Å². The highest BCUT2D eigenvalue weighted by molar-refractivity contribution is 6.22. The fourth-order valence-electron chi connectivity index (χ4n) is 21.6. The Labute approximate surface area is 773 Å². The van der Waals surface area contributed by atoms with Crippen LogP contribution in [0.2, 0.25) is 0 Å². The summed E-state index contributed by atoms with van der Waals surface area (Å²) in [4.78, 5) is 2.44. The summed E-state index contributed by atoms with van der Waals surface area (Å²) < 4.78 is 43.5. The van der Waals surface area contributed by atoms with E-state index in [4.69, 9.17) is 26.8 Å². The molecule has 632 valence electrons. The minimum absolute atomic E-state index is 0.0311. The lowest BCUT2D eigenvalue weighted by molar-refractivity contribution is 0.223. The van der Waals surface area contributed by atoms with E-state index in [1.54, 1.807) is 0 Å². The highest BCUT2D eigenvalue weighted by Crippen LogP contribution is 2.60. The van der Waals surface area contributed by atoms with Crippen LogP contribution < -0.4 is 9.64 Å². The van der Waals surface area contributed by atoms with Crippen LogP contribution in [-0.4, -0.2) is 9.13 Å². The SMILES string of the molecule is c1ccc(-n2c3ccccc3c3oc4cc(-c5ccc(-c6ccc7c(c6)oc6cc8ccccc8cc67)cc5)ccc4c32)cc1.c1ccc(-n2c3ccccc3c3oc4cc(-c5ccc(-c6ccc7c(c6)oc6ccc8ccccc8c67)cc5)ccc4c32)cc1.c1ccc(N2c3ccccc3C3Oc4ccc(-c5ccc(-c6cccc7oc8c9ccccc9ccc8c67)cc5)cc4C32)cc1. The molecule has 7 aromatic heterocycles. The molecule has 135 heavy (non-hydrogen) atoms. The van der Waals surface area contributed by atoms with Crippen LogP contribution in [0.4, 0.5) is 11.4 Å². The molecule has 9 heterocycles. The molecule has 2 unspecified atom stereocenters. The van der Waals surface area contributed by atoms with Gasteiger partial charge in [-0.15, -0.1) is 0 Å². The summed E-state index contributed by atoms with van der Waals surface area (Å²) in [7, 11) is 0. The van der Waals surface area contributed by atoms with Crippen molar-refractivity contribution in [3.63, 3.8) is 0 Å². The number of hydrogen-bond acceptors (Lipinski definition) is 7. The van der Waals surface area contributed by atoms with E-state index in [1.807, 2.05) is 0 Å². The Bertz CT molecular complexity index is 9660. The molecule has 0 radical (unpaired) electrons. The maximum Gasteiger partial charge on any atom is 0.161 e. The number of fused-ring (bicyclic) bond motifs is 29. The van der Waals surface area contributed by atoms with Gasteiger partial charge in [0.1, 0.15) is 67.5 Å². The van der Waals surface area contributed by atoms with Crippen LogP contribution in [0.1, 0.15) is 23.3 Å². The first kappa shape index (κ1) is 76.0. The Balaban J connectivity index is 0.000000101. The van der Waals surface area contributed by atoms with Crippen LogP contribution >= 0.6 is 0 Å². The van der Waals surface area contributed by atoms with Gasteiger partial charge in [-0.05, 0) is 251 Å². The average Bonchev–Trinajstić information content (AvgIpc) is 1.56. The van der Waals surface area contributed by atoms with Gasteiger partial charge in [0.2, 0.25) is 0 Å². The van der Waals surface area contributed by atoms with E-state index in [1.165, 1.54) is 77.1 Å². The number of ether oxygens (including phenoxy) is 1. The van der Waals surface area contributed by atoms with Gasteiger partial charge in [-0.25, -0.2) is 0 Å². The monoisotopic (exact) mass is 1730 g/mol. The second kappa shape index (κ2) is 30.3. The number of furan rings is 5. The number of rotatable bonds is 9. The minimum Gasteiger partial charge on any atom is -0.483 e. The Kier molecular flexibility index (Phi) is 17.1. The zero-order chi connectivity index (χ0) is 88.5. The quantitative estimate of drug-likeness (QED) is 0.142. The van der Waals surface area contributed by atoms with Crippen molar-refractivity contribution in [3.05, 3.63) is 466 Å². The number of para-hydroxylation sites is 6. The van der Waals surface area contributed by atoms with Gasteiger partial charge in [0.15, 0.2) is 17.3 Å². The molecule has 28 aromatic rings. The zero-order valence-electron chi connectivity index (χ0n) is 72.7.